The van der Waals surface area contributed by atoms with E-state index >= 15 is 0 Å². The molecule has 0 saturated heterocycles. The number of aromatic nitrogens is 3. The van der Waals surface area contributed by atoms with Gasteiger partial charge in [0, 0.05) is 36.2 Å². The summed E-state index contributed by atoms with van der Waals surface area (Å²) < 4.78 is 1.61. The maximum absolute atomic E-state index is 12.3. The number of rotatable bonds is 8. The second-order valence-corrected chi connectivity index (χ2v) is 6.22. The minimum Gasteiger partial charge on any atom is -0.396 e. The van der Waals surface area contributed by atoms with Crippen molar-refractivity contribution in [2.45, 2.75) is 46.5 Å². The van der Waals surface area contributed by atoms with E-state index in [9.17, 15) is 9.59 Å². The third kappa shape index (κ3) is 4.23. The van der Waals surface area contributed by atoms with Crippen molar-refractivity contribution in [1.29, 1.82) is 0 Å². The summed E-state index contributed by atoms with van der Waals surface area (Å²) in [4.78, 5) is 28.1. The number of hydrogen-bond acceptors (Lipinski definition) is 4. The molecule has 7 heteroatoms. The van der Waals surface area contributed by atoms with Crippen LogP contribution >= 0.6 is 0 Å². The topological polar surface area (TPSA) is 99.5 Å². The van der Waals surface area contributed by atoms with Crippen molar-refractivity contribution in [3.05, 3.63) is 33.4 Å². The number of H-pyrrole nitrogens is 1. The fourth-order valence-corrected chi connectivity index (χ4v) is 3.03. The molecule has 0 aromatic carbocycles. The number of nitrogens with one attached hydrogen (secondary N) is 2. The Bertz CT molecular complexity index is 757. The minimum absolute atomic E-state index is 0.0732. The zero-order valence-electron chi connectivity index (χ0n) is 14.6. The molecule has 1 unspecified atom stereocenters. The zero-order chi connectivity index (χ0) is 17.7. The van der Waals surface area contributed by atoms with Gasteiger partial charge in [0.2, 0.25) is 5.91 Å². The van der Waals surface area contributed by atoms with Crippen LogP contribution in [-0.2, 0) is 11.2 Å². The summed E-state index contributed by atoms with van der Waals surface area (Å²) in [6.45, 7) is 6.52. The van der Waals surface area contributed by atoms with Crippen LogP contribution < -0.4 is 10.9 Å². The summed E-state index contributed by atoms with van der Waals surface area (Å²) in [6.07, 6.45) is 2.93. The van der Waals surface area contributed by atoms with E-state index in [2.05, 4.69) is 22.3 Å². The van der Waals surface area contributed by atoms with E-state index in [4.69, 9.17) is 5.11 Å². The summed E-state index contributed by atoms with van der Waals surface area (Å²) >= 11 is 0. The number of fused-ring (bicyclic) bond motifs is 1. The van der Waals surface area contributed by atoms with Gasteiger partial charge in [-0.2, -0.15) is 0 Å². The predicted octanol–water partition coefficient (Wildman–Crippen LogP) is 1.10. The third-order valence-corrected chi connectivity index (χ3v) is 4.36. The molecule has 0 aliphatic carbocycles. The molecule has 2 heterocycles. The second kappa shape index (κ2) is 8.10. The van der Waals surface area contributed by atoms with Gasteiger partial charge in [-0.1, -0.05) is 13.3 Å². The van der Waals surface area contributed by atoms with Crippen LogP contribution in [0.25, 0.3) is 5.65 Å². The molecular formula is C17H26N4O3. The highest BCUT2D eigenvalue weighted by Crippen LogP contribution is 2.14. The molecule has 2 aromatic rings. The maximum atomic E-state index is 12.3. The van der Waals surface area contributed by atoms with Crippen molar-refractivity contribution in [2.24, 2.45) is 5.92 Å². The van der Waals surface area contributed by atoms with Crippen LogP contribution in [0.4, 0.5) is 0 Å². The molecular weight excluding hydrogens is 308 g/mol. The average molecular weight is 334 g/mol. The van der Waals surface area contributed by atoms with Crippen molar-refractivity contribution in [1.82, 2.24) is 19.9 Å². The molecule has 0 spiro atoms. The van der Waals surface area contributed by atoms with E-state index in [0.717, 1.165) is 29.8 Å². The summed E-state index contributed by atoms with van der Waals surface area (Å²) in [5.74, 6) is 0.225. The molecule has 0 aliphatic rings. The van der Waals surface area contributed by atoms with E-state index in [1.54, 1.807) is 4.52 Å². The molecule has 7 nitrogen and oxygen atoms in total. The summed E-state index contributed by atoms with van der Waals surface area (Å²) in [7, 11) is 0. The summed E-state index contributed by atoms with van der Waals surface area (Å²) in [5.41, 5.74) is 2.74. The Labute approximate surface area is 141 Å². The third-order valence-electron chi connectivity index (χ3n) is 4.36. The Balaban J connectivity index is 2.08. The van der Waals surface area contributed by atoms with Crippen LogP contribution in [0, 0.1) is 19.8 Å². The van der Waals surface area contributed by atoms with Gasteiger partial charge in [-0.25, -0.2) is 9.50 Å². The lowest BCUT2D eigenvalue weighted by atomic mass is 10.00. The van der Waals surface area contributed by atoms with Crippen LogP contribution in [-0.4, -0.2) is 38.8 Å². The quantitative estimate of drug-likeness (QED) is 0.673. The number of aryl methyl sites for hydroxylation is 2. The Kier molecular flexibility index (Phi) is 6.14. The standard InChI is InChI=1S/C17H26N4O3/c1-4-5-13(6-7-22)10-18-16(23)8-14-11(2)19-15-9-17(24)20-21(15)12(14)3/h9,13,22H,4-8,10H2,1-3H3,(H,18,23)(H,20,24). The number of hydrogen-bond donors (Lipinski definition) is 3. The van der Waals surface area contributed by atoms with Gasteiger partial charge >= 0.3 is 0 Å². The van der Waals surface area contributed by atoms with Gasteiger partial charge in [0.25, 0.3) is 5.56 Å². The van der Waals surface area contributed by atoms with Crippen molar-refractivity contribution in [3.8, 4) is 0 Å². The molecule has 0 aliphatic heterocycles. The fraction of sp³-hybridized carbons (Fsp3) is 0.588. The van der Waals surface area contributed by atoms with Crippen molar-refractivity contribution in [3.63, 3.8) is 0 Å². The number of amides is 1. The number of nitrogens with zero attached hydrogens (tertiary/aromatic N) is 2. The lowest BCUT2D eigenvalue weighted by Crippen LogP contribution is -2.31. The molecule has 0 bridgehead atoms. The molecule has 2 aromatic heterocycles. The molecule has 1 atom stereocenters. The summed E-state index contributed by atoms with van der Waals surface area (Å²) in [6, 6.07) is 1.44. The molecule has 2 rings (SSSR count). The summed E-state index contributed by atoms with van der Waals surface area (Å²) in [5, 5.41) is 14.7. The zero-order valence-corrected chi connectivity index (χ0v) is 14.6. The Morgan fingerprint density at radius 2 is 2.17 bits per heavy atom. The highest BCUT2D eigenvalue weighted by atomic mass is 16.3. The minimum atomic E-state index is -0.210. The van der Waals surface area contributed by atoms with Gasteiger partial charge in [0.1, 0.15) is 0 Å². The van der Waals surface area contributed by atoms with Gasteiger partial charge in [-0.3, -0.25) is 14.7 Å². The van der Waals surface area contributed by atoms with Gasteiger partial charge in [-0.05, 0) is 32.6 Å². The first-order valence-corrected chi connectivity index (χ1v) is 8.41. The van der Waals surface area contributed by atoms with Gasteiger partial charge in [0.05, 0.1) is 6.42 Å². The molecule has 0 fully saturated rings. The molecule has 0 saturated carbocycles. The average Bonchev–Trinajstić information content (AvgIpc) is 2.90. The predicted molar refractivity (Wildman–Crippen MR) is 92.1 cm³/mol. The number of carbonyl (C=O) groups is 1. The van der Waals surface area contributed by atoms with Crippen molar-refractivity contribution < 1.29 is 9.90 Å². The van der Waals surface area contributed by atoms with Crippen LogP contribution in [0.2, 0.25) is 0 Å². The van der Waals surface area contributed by atoms with E-state index < -0.39 is 0 Å². The van der Waals surface area contributed by atoms with Crippen molar-refractivity contribution in [2.75, 3.05) is 13.2 Å². The number of aliphatic hydroxyl groups is 1. The van der Waals surface area contributed by atoms with Crippen LogP contribution in [0.3, 0.4) is 0 Å². The Hall–Kier alpha value is -2.15. The molecule has 132 valence electrons. The van der Waals surface area contributed by atoms with Gasteiger partial charge in [-0.15, -0.1) is 0 Å². The monoisotopic (exact) mass is 334 g/mol. The lowest BCUT2D eigenvalue weighted by molar-refractivity contribution is -0.120. The lowest BCUT2D eigenvalue weighted by Gasteiger charge is -2.16. The first kappa shape index (κ1) is 18.2. The first-order valence-electron chi connectivity index (χ1n) is 8.41. The van der Waals surface area contributed by atoms with Crippen molar-refractivity contribution >= 4 is 11.6 Å². The van der Waals surface area contributed by atoms with Crippen LogP contribution in [0.15, 0.2) is 10.9 Å². The Morgan fingerprint density at radius 1 is 1.42 bits per heavy atom. The van der Waals surface area contributed by atoms with Crippen LogP contribution in [0.5, 0.6) is 0 Å². The number of aliphatic hydroxyl groups excluding tert-OH is 1. The maximum Gasteiger partial charge on any atom is 0.266 e. The van der Waals surface area contributed by atoms with Gasteiger partial charge < -0.3 is 10.4 Å². The normalized spacial score (nSPS) is 12.5. The largest absolute Gasteiger partial charge is 0.396 e. The van der Waals surface area contributed by atoms with E-state index in [0.29, 0.717) is 24.5 Å². The first-order chi connectivity index (χ1) is 11.5. The van der Waals surface area contributed by atoms with Gasteiger partial charge in [0.15, 0.2) is 5.65 Å². The smallest absolute Gasteiger partial charge is 0.266 e. The Morgan fingerprint density at radius 3 is 2.83 bits per heavy atom. The second-order valence-electron chi connectivity index (χ2n) is 6.22. The highest BCUT2D eigenvalue weighted by Gasteiger charge is 2.15. The van der Waals surface area contributed by atoms with E-state index in [1.165, 1.54) is 6.07 Å². The fourth-order valence-electron chi connectivity index (χ4n) is 3.03. The molecule has 3 N–H and O–H groups in total. The highest BCUT2D eigenvalue weighted by molar-refractivity contribution is 5.79. The van der Waals surface area contributed by atoms with Crippen LogP contribution in [0.1, 0.15) is 43.1 Å². The SMILES string of the molecule is CCCC(CCO)CNC(=O)Cc1c(C)nc2cc(=O)[nH]n2c1C. The molecule has 1 amide bonds. The molecule has 0 radical (unpaired) electrons. The van der Waals surface area contributed by atoms with E-state index in [-0.39, 0.29) is 24.5 Å². The number of carbonyl (C=O) groups excluding carboxylic acids is 1. The van der Waals surface area contributed by atoms with E-state index in [1.807, 2.05) is 13.8 Å². The number of aromatic amines is 1. The molecule has 24 heavy (non-hydrogen) atoms.